The van der Waals surface area contributed by atoms with Crippen molar-refractivity contribution in [3.63, 3.8) is 0 Å². The maximum atomic E-state index is 12.9. The number of pyridine rings is 1. The fraction of sp³-hybridized carbons (Fsp3) is 0.409. The number of benzene rings is 1. The van der Waals surface area contributed by atoms with Crippen molar-refractivity contribution in [3.8, 4) is 0 Å². The number of anilines is 2. The van der Waals surface area contributed by atoms with E-state index in [-0.39, 0.29) is 11.8 Å². The summed E-state index contributed by atoms with van der Waals surface area (Å²) in [7, 11) is 0. The van der Waals surface area contributed by atoms with Crippen LogP contribution in [-0.2, 0) is 0 Å². The number of nitrogens with one attached hydrogen (secondary N) is 2. The minimum atomic E-state index is -0.188. The van der Waals surface area contributed by atoms with Crippen LogP contribution < -0.4 is 15.5 Å². The molecule has 2 aliphatic heterocycles. The molecule has 152 valence electrons. The number of aromatic nitrogens is 1. The van der Waals surface area contributed by atoms with E-state index in [1.807, 2.05) is 36.1 Å². The van der Waals surface area contributed by atoms with Gasteiger partial charge in [-0.25, -0.2) is 4.98 Å². The van der Waals surface area contributed by atoms with E-state index in [9.17, 15) is 9.59 Å². The number of nitrogens with zero attached hydrogens (tertiary/aromatic N) is 3. The van der Waals surface area contributed by atoms with Gasteiger partial charge in [-0.15, -0.1) is 0 Å². The van der Waals surface area contributed by atoms with E-state index in [0.29, 0.717) is 22.6 Å². The van der Waals surface area contributed by atoms with Crippen molar-refractivity contribution >= 4 is 23.3 Å². The molecule has 2 amide bonds. The first-order valence-corrected chi connectivity index (χ1v) is 10.3. The first-order chi connectivity index (χ1) is 14.1. The molecule has 0 spiro atoms. The van der Waals surface area contributed by atoms with E-state index in [0.717, 1.165) is 57.7 Å². The van der Waals surface area contributed by atoms with E-state index in [1.54, 1.807) is 12.3 Å². The Bertz CT molecular complexity index is 902. The van der Waals surface area contributed by atoms with Crippen LogP contribution in [0, 0.1) is 6.92 Å². The molecule has 0 saturated carbocycles. The predicted octanol–water partition coefficient (Wildman–Crippen LogP) is 2.29. The summed E-state index contributed by atoms with van der Waals surface area (Å²) in [6.45, 7) is 6.81. The topological polar surface area (TPSA) is 77.6 Å². The third-order valence-corrected chi connectivity index (χ3v) is 5.56. The highest BCUT2D eigenvalue weighted by Crippen LogP contribution is 2.27. The average Bonchev–Trinajstić information content (AvgIpc) is 3.29. The van der Waals surface area contributed by atoms with Crippen molar-refractivity contribution in [2.45, 2.75) is 19.8 Å². The van der Waals surface area contributed by atoms with Crippen LogP contribution in [0.25, 0.3) is 0 Å². The number of hydrogen-bond acceptors (Lipinski definition) is 5. The molecule has 2 aliphatic rings. The molecule has 2 aromatic rings. The van der Waals surface area contributed by atoms with Gasteiger partial charge in [0.2, 0.25) is 0 Å². The van der Waals surface area contributed by atoms with Crippen LogP contribution in [-0.4, -0.2) is 61.0 Å². The molecule has 4 rings (SSSR count). The van der Waals surface area contributed by atoms with Crippen molar-refractivity contribution in [1.29, 1.82) is 0 Å². The Kier molecular flexibility index (Phi) is 5.76. The van der Waals surface area contributed by atoms with Gasteiger partial charge < -0.3 is 20.4 Å². The van der Waals surface area contributed by atoms with Gasteiger partial charge in [-0.3, -0.25) is 9.59 Å². The standard InChI is InChI=1S/C22H27N5O2/c1-16-6-2-3-7-18(16)21(28)25-19-14-17(22(29)27-10-4-5-11-27)15-24-20(19)26-12-8-23-9-13-26/h2-3,6-7,14-15,23H,4-5,8-13H2,1H3,(H,25,28). The first-order valence-electron chi connectivity index (χ1n) is 10.3. The summed E-state index contributed by atoms with van der Waals surface area (Å²) >= 11 is 0. The van der Waals surface area contributed by atoms with Crippen molar-refractivity contribution in [3.05, 3.63) is 53.2 Å². The fourth-order valence-corrected chi connectivity index (χ4v) is 3.92. The molecule has 7 heteroatoms. The monoisotopic (exact) mass is 393 g/mol. The molecule has 1 aromatic heterocycles. The number of piperazine rings is 1. The molecule has 0 radical (unpaired) electrons. The summed E-state index contributed by atoms with van der Waals surface area (Å²) in [6, 6.07) is 9.26. The number of likely N-dealkylation sites (tertiary alicyclic amines) is 1. The number of aryl methyl sites for hydroxylation is 1. The van der Waals surface area contributed by atoms with Crippen LogP contribution in [0.15, 0.2) is 36.5 Å². The van der Waals surface area contributed by atoms with Crippen LogP contribution in [0.5, 0.6) is 0 Å². The second kappa shape index (κ2) is 8.61. The highest BCUT2D eigenvalue weighted by atomic mass is 16.2. The molecule has 2 saturated heterocycles. The van der Waals surface area contributed by atoms with Crippen LogP contribution in [0.4, 0.5) is 11.5 Å². The third kappa shape index (κ3) is 4.24. The minimum absolute atomic E-state index is 0.0201. The zero-order valence-electron chi connectivity index (χ0n) is 16.8. The van der Waals surface area contributed by atoms with Gasteiger partial charge >= 0.3 is 0 Å². The van der Waals surface area contributed by atoms with Crippen LogP contribution in [0.2, 0.25) is 0 Å². The van der Waals surface area contributed by atoms with Crippen LogP contribution >= 0.6 is 0 Å². The molecule has 3 heterocycles. The van der Waals surface area contributed by atoms with Crippen molar-refractivity contribution < 1.29 is 9.59 Å². The average molecular weight is 393 g/mol. The van der Waals surface area contributed by atoms with Crippen molar-refractivity contribution in [2.75, 3.05) is 49.5 Å². The SMILES string of the molecule is Cc1ccccc1C(=O)Nc1cc(C(=O)N2CCCC2)cnc1N1CCNCC1. The maximum absolute atomic E-state index is 12.9. The molecular weight excluding hydrogens is 366 g/mol. The quantitative estimate of drug-likeness (QED) is 0.833. The van der Waals surface area contributed by atoms with Gasteiger partial charge in [0.15, 0.2) is 5.82 Å². The fourth-order valence-electron chi connectivity index (χ4n) is 3.92. The molecule has 2 fully saturated rings. The first kappa shape index (κ1) is 19.4. The maximum Gasteiger partial charge on any atom is 0.256 e. The van der Waals surface area contributed by atoms with E-state index in [1.165, 1.54) is 0 Å². The molecule has 0 atom stereocenters. The van der Waals surface area contributed by atoms with Gasteiger partial charge in [0.25, 0.3) is 11.8 Å². The Morgan fingerprint density at radius 3 is 2.52 bits per heavy atom. The lowest BCUT2D eigenvalue weighted by molar-refractivity contribution is 0.0792. The molecular formula is C22H27N5O2. The summed E-state index contributed by atoms with van der Waals surface area (Å²) in [4.78, 5) is 34.4. The zero-order valence-corrected chi connectivity index (χ0v) is 16.8. The normalized spacial score (nSPS) is 16.7. The molecule has 2 N–H and O–H groups in total. The lowest BCUT2D eigenvalue weighted by atomic mass is 10.1. The molecule has 29 heavy (non-hydrogen) atoms. The molecule has 0 bridgehead atoms. The van der Waals surface area contributed by atoms with Crippen molar-refractivity contribution in [1.82, 2.24) is 15.2 Å². The molecule has 0 unspecified atom stereocenters. The predicted molar refractivity (Wildman–Crippen MR) is 114 cm³/mol. The number of rotatable bonds is 4. The van der Waals surface area contributed by atoms with E-state index >= 15 is 0 Å². The zero-order chi connectivity index (χ0) is 20.2. The Labute approximate surface area is 171 Å². The Balaban J connectivity index is 1.65. The largest absolute Gasteiger partial charge is 0.352 e. The minimum Gasteiger partial charge on any atom is -0.352 e. The highest BCUT2D eigenvalue weighted by Gasteiger charge is 2.23. The Morgan fingerprint density at radius 2 is 1.79 bits per heavy atom. The summed E-state index contributed by atoms with van der Waals surface area (Å²) in [5.41, 5.74) is 2.64. The van der Waals surface area contributed by atoms with Gasteiger partial charge in [0.1, 0.15) is 0 Å². The lowest BCUT2D eigenvalue weighted by Gasteiger charge is -2.30. The molecule has 1 aromatic carbocycles. The lowest BCUT2D eigenvalue weighted by Crippen LogP contribution is -2.44. The second-order valence-electron chi connectivity index (χ2n) is 7.60. The second-order valence-corrected chi connectivity index (χ2v) is 7.60. The van der Waals surface area contributed by atoms with Gasteiger partial charge in [0.05, 0.1) is 11.3 Å². The van der Waals surface area contributed by atoms with E-state index in [2.05, 4.69) is 20.5 Å². The highest BCUT2D eigenvalue weighted by molar-refractivity contribution is 6.07. The van der Waals surface area contributed by atoms with Crippen molar-refractivity contribution in [2.24, 2.45) is 0 Å². The number of amides is 2. The number of carbonyl (C=O) groups is 2. The van der Waals surface area contributed by atoms with Crippen LogP contribution in [0.1, 0.15) is 39.1 Å². The van der Waals surface area contributed by atoms with E-state index < -0.39 is 0 Å². The number of hydrogen-bond donors (Lipinski definition) is 2. The summed E-state index contributed by atoms with van der Waals surface area (Å²) < 4.78 is 0. The van der Waals surface area contributed by atoms with Gasteiger partial charge in [-0.2, -0.15) is 0 Å². The molecule has 0 aliphatic carbocycles. The Hall–Kier alpha value is -2.93. The van der Waals surface area contributed by atoms with Gasteiger partial charge in [-0.1, -0.05) is 18.2 Å². The van der Waals surface area contributed by atoms with Gasteiger partial charge in [0, 0.05) is 51.0 Å². The third-order valence-electron chi connectivity index (χ3n) is 5.56. The van der Waals surface area contributed by atoms with E-state index in [4.69, 9.17) is 0 Å². The molecule has 7 nitrogen and oxygen atoms in total. The number of carbonyl (C=O) groups excluding carboxylic acids is 2. The summed E-state index contributed by atoms with van der Waals surface area (Å²) in [5.74, 6) is 0.506. The Morgan fingerprint density at radius 1 is 1.07 bits per heavy atom. The smallest absolute Gasteiger partial charge is 0.256 e. The van der Waals surface area contributed by atoms with Crippen LogP contribution in [0.3, 0.4) is 0 Å². The van der Waals surface area contributed by atoms with Gasteiger partial charge in [-0.05, 0) is 37.5 Å². The summed E-state index contributed by atoms with van der Waals surface area (Å²) in [6.07, 6.45) is 3.71. The summed E-state index contributed by atoms with van der Waals surface area (Å²) in [5, 5.41) is 6.34.